The zero-order valence-corrected chi connectivity index (χ0v) is 6.48. The Bertz CT molecular complexity index is 276. The van der Waals surface area contributed by atoms with E-state index in [9.17, 15) is 39.5 Å². The van der Waals surface area contributed by atoms with E-state index in [0.717, 1.165) is 0 Å². The van der Waals surface area contributed by atoms with Crippen LogP contribution >= 0.6 is 0 Å². The molecule has 0 aliphatic heterocycles. The highest BCUT2D eigenvalue weighted by Gasteiger charge is 2.80. The third-order valence-corrected chi connectivity index (χ3v) is 1.38. The smallest absolute Gasteiger partial charge is 0.212 e. The van der Waals surface area contributed by atoms with Crippen molar-refractivity contribution in [3.05, 3.63) is 0 Å². The van der Waals surface area contributed by atoms with E-state index in [0.29, 0.717) is 0 Å². The summed E-state index contributed by atoms with van der Waals surface area (Å²) in [6, 6.07) is 0. The highest BCUT2D eigenvalue weighted by Crippen LogP contribution is 2.52. The van der Waals surface area contributed by atoms with Crippen LogP contribution in [0.5, 0.6) is 0 Å². The molecule has 0 aromatic rings. The first-order valence-corrected chi connectivity index (χ1v) is 2.99. The van der Waals surface area contributed by atoms with Crippen molar-refractivity contribution in [2.75, 3.05) is 0 Å². The summed E-state index contributed by atoms with van der Waals surface area (Å²) in [7, 11) is 0. The summed E-state index contributed by atoms with van der Waals surface area (Å²) in [4.78, 5) is 0. The van der Waals surface area contributed by atoms with Crippen LogP contribution in [-0.4, -0.2) is 23.9 Å². The lowest BCUT2D eigenvalue weighted by molar-refractivity contribution is -0.366. The molecule has 0 fully saturated rings. The van der Waals surface area contributed by atoms with Crippen molar-refractivity contribution >= 4 is 0 Å². The molecule has 0 bridgehead atoms. The molecule has 0 aliphatic rings. The van der Waals surface area contributed by atoms with Crippen molar-refractivity contribution in [2.45, 2.75) is 23.9 Å². The van der Waals surface area contributed by atoms with Gasteiger partial charge in [0.05, 0.1) is 0 Å². The maximum Gasteiger partial charge on any atom is 0.458 e. The molecular formula is C6HF9. The van der Waals surface area contributed by atoms with Crippen molar-refractivity contribution in [1.82, 2.24) is 0 Å². The molecule has 0 rings (SSSR count). The van der Waals surface area contributed by atoms with E-state index < -0.39 is 23.9 Å². The molecule has 0 aromatic carbocycles. The van der Waals surface area contributed by atoms with E-state index in [1.54, 1.807) is 0 Å². The Morgan fingerprint density at radius 1 is 0.667 bits per heavy atom. The predicted molar refractivity (Wildman–Crippen MR) is 29.7 cm³/mol. The lowest BCUT2D eigenvalue weighted by atomic mass is 9.97. The van der Waals surface area contributed by atoms with E-state index >= 15 is 0 Å². The Morgan fingerprint density at radius 3 is 1.07 bits per heavy atom. The van der Waals surface area contributed by atoms with E-state index in [-0.39, 0.29) is 5.92 Å². The molecule has 0 amide bonds. The molecule has 15 heavy (non-hydrogen) atoms. The van der Waals surface area contributed by atoms with Crippen LogP contribution in [0.15, 0.2) is 0 Å². The van der Waals surface area contributed by atoms with Gasteiger partial charge in [-0.15, -0.1) is 6.42 Å². The third-order valence-electron chi connectivity index (χ3n) is 1.38. The van der Waals surface area contributed by atoms with E-state index in [4.69, 9.17) is 0 Å². The second-order valence-electron chi connectivity index (χ2n) is 2.37. The summed E-state index contributed by atoms with van der Waals surface area (Å²) < 4.78 is 106. The predicted octanol–water partition coefficient (Wildman–Crippen LogP) is 3.09. The van der Waals surface area contributed by atoms with Gasteiger partial charge in [-0.2, -0.15) is 35.1 Å². The summed E-state index contributed by atoms with van der Waals surface area (Å²) in [5.74, 6) is -6.90. The zero-order chi connectivity index (χ0) is 12.7. The molecule has 0 saturated heterocycles. The molecule has 1 unspecified atom stereocenters. The van der Waals surface area contributed by atoms with Crippen LogP contribution in [0.1, 0.15) is 0 Å². The van der Waals surface area contributed by atoms with Gasteiger partial charge in [-0.25, -0.2) is 4.39 Å². The number of rotatable bonds is 1. The van der Waals surface area contributed by atoms with Gasteiger partial charge in [0.15, 0.2) is 0 Å². The number of hydrogen-bond acceptors (Lipinski definition) is 0. The van der Waals surface area contributed by atoms with Crippen molar-refractivity contribution in [3.8, 4) is 12.3 Å². The number of terminal acetylenes is 1. The number of alkyl halides is 9. The Hall–Kier alpha value is -1.07. The molecule has 0 aliphatic carbocycles. The molecule has 0 radical (unpaired) electrons. The van der Waals surface area contributed by atoms with Gasteiger partial charge >= 0.3 is 23.9 Å². The Morgan fingerprint density at radius 2 is 1.00 bits per heavy atom. The third kappa shape index (κ3) is 1.85. The maximum absolute atomic E-state index is 12.5. The molecule has 0 spiro atoms. The first-order chi connectivity index (χ1) is 6.31. The van der Waals surface area contributed by atoms with E-state index in [1.807, 2.05) is 0 Å². The van der Waals surface area contributed by atoms with Crippen LogP contribution in [0.4, 0.5) is 39.5 Å². The van der Waals surface area contributed by atoms with Crippen LogP contribution in [0, 0.1) is 12.3 Å². The van der Waals surface area contributed by atoms with Crippen LogP contribution in [0.3, 0.4) is 0 Å². The Labute approximate surface area is 77.1 Å². The van der Waals surface area contributed by atoms with Gasteiger partial charge in [-0.1, -0.05) is 0 Å². The van der Waals surface area contributed by atoms with Crippen molar-refractivity contribution in [1.29, 1.82) is 0 Å². The van der Waals surface area contributed by atoms with Gasteiger partial charge in [0.2, 0.25) is 0 Å². The van der Waals surface area contributed by atoms with Gasteiger partial charge in [0, 0.05) is 0 Å². The van der Waals surface area contributed by atoms with Crippen molar-refractivity contribution in [2.24, 2.45) is 0 Å². The van der Waals surface area contributed by atoms with Crippen molar-refractivity contribution in [3.63, 3.8) is 0 Å². The molecule has 9 heteroatoms. The van der Waals surface area contributed by atoms with E-state index in [2.05, 4.69) is 6.42 Å². The summed E-state index contributed by atoms with van der Waals surface area (Å²) in [5, 5.41) is 0. The van der Waals surface area contributed by atoms with Gasteiger partial charge in [0.25, 0.3) is 0 Å². The molecule has 1 atom stereocenters. The molecular weight excluding hydrogens is 243 g/mol. The SMILES string of the molecule is C#CC(F)(C(F)(F)F)C(F)(F)C(F)(F)F. The lowest BCUT2D eigenvalue weighted by Crippen LogP contribution is -2.61. The first-order valence-electron chi connectivity index (χ1n) is 2.99. The summed E-state index contributed by atoms with van der Waals surface area (Å²) in [6.07, 6.45) is -9.51. The summed E-state index contributed by atoms with van der Waals surface area (Å²) in [5.41, 5.74) is -6.07. The molecule has 0 N–H and O–H groups in total. The standard InChI is InChI=1S/C6HF9/c1-2-3(7,5(10,11)12)4(8,9)6(13,14)15/h1H. The molecule has 88 valence electrons. The lowest BCUT2D eigenvalue weighted by Gasteiger charge is -2.31. The monoisotopic (exact) mass is 244 g/mol. The van der Waals surface area contributed by atoms with Gasteiger partial charge in [-0.05, 0) is 5.92 Å². The molecule has 0 heterocycles. The van der Waals surface area contributed by atoms with Crippen LogP contribution < -0.4 is 0 Å². The first kappa shape index (κ1) is 13.9. The highest BCUT2D eigenvalue weighted by atomic mass is 19.4. The molecule has 0 nitrogen and oxygen atoms in total. The molecule has 0 aromatic heterocycles. The number of halogens is 9. The topological polar surface area (TPSA) is 0 Å². The maximum atomic E-state index is 12.5. The summed E-state index contributed by atoms with van der Waals surface area (Å²) >= 11 is 0. The van der Waals surface area contributed by atoms with Crippen LogP contribution in [0.25, 0.3) is 0 Å². The second kappa shape index (κ2) is 3.21. The second-order valence-corrected chi connectivity index (χ2v) is 2.37. The quantitative estimate of drug-likeness (QED) is 0.491. The highest BCUT2D eigenvalue weighted by molar-refractivity contribution is 5.21. The van der Waals surface area contributed by atoms with Gasteiger partial charge < -0.3 is 0 Å². The van der Waals surface area contributed by atoms with Crippen molar-refractivity contribution < 1.29 is 39.5 Å². The fraction of sp³-hybridized carbons (Fsp3) is 0.667. The fourth-order valence-corrected chi connectivity index (χ4v) is 0.546. The average molecular weight is 244 g/mol. The van der Waals surface area contributed by atoms with Crippen LogP contribution in [0.2, 0.25) is 0 Å². The summed E-state index contributed by atoms with van der Waals surface area (Å²) in [6.45, 7) is 0. The fourth-order valence-electron chi connectivity index (χ4n) is 0.546. The minimum absolute atomic E-state index is 0.196. The van der Waals surface area contributed by atoms with Gasteiger partial charge in [0.1, 0.15) is 0 Å². The van der Waals surface area contributed by atoms with Gasteiger partial charge in [-0.3, -0.25) is 0 Å². The minimum atomic E-state index is -6.73. The number of hydrogen-bond donors (Lipinski definition) is 0. The molecule has 0 saturated carbocycles. The Kier molecular flexibility index (Phi) is 2.98. The van der Waals surface area contributed by atoms with Crippen LogP contribution in [-0.2, 0) is 0 Å². The zero-order valence-electron chi connectivity index (χ0n) is 6.48. The minimum Gasteiger partial charge on any atom is -0.212 e. The van der Waals surface area contributed by atoms with E-state index in [1.165, 1.54) is 0 Å². The largest absolute Gasteiger partial charge is 0.458 e. The normalized spacial score (nSPS) is 18.1. The average Bonchev–Trinajstić information content (AvgIpc) is 1.98. The Balaban J connectivity index is 5.64.